The number of nitrogens with one attached hydrogen (secondary N) is 1. The van der Waals surface area contributed by atoms with Gasteiger partial charge in [-0.05, 0) is 34.1 Å². The second kappa shape index (κ2) is 5.95. The van der Waals surface area contributed by atoms with E-state index in [9.17, 15) is 0 Å². The highest BCUT2D eigenvalue weighted by Gasteiger charge is 2.10. The molecule has 18 heavy (non-hydrogen) atoms. The first-order chi connectivity index (χ1) is 8.58. The molecule has 0 aliphatic heterocycles. The third kappa shape index (κ3) is 3.18. The predicted molar refractivity (Wildman–Crippen MR) is 78.7 cm³/mol. The minimum absolute atomic E-state index is 0.430. The highest BCUT2D eigenvalue weighted by molar-refractivity contribution is 9.11. The van der Waals surface area contributed by atoms with E-state index in [1.807, 2.05) is 22.9 Å². The molecule has 1 aromatic heterocycles. The minimum Gasteiger partial charge on any atom is -0.309 e. The van der Waals surface area contributed by atoms with Crippen LogP contribution in [0.15, 0.2) is 33.3 Å². The summed E-state index contributed by atoms with van der Waals surface area (Å²) in [6, 6.07) is 6.41. The summed E-state index contributed by atoms with van der Waals surface area (Å²) in [6.07, 6.45) is 1.78. The van der Waals surface area contributed by atoms with Gasteiger partial charge in [0.25, 0.3) is 0 Å². The van der Waals surface area contributed by atoms with Crippen molar-refractivity contribution in [1.82, 2.24) is 20.3 Å². The SMILES string of the molecule is CC(C)NCc1cnnn1-c1cc(Br)ccc1Br. The summed E-state index contributed by atoms with van der Waals surface area (Å²) in [5, 5.41) is 11.5. The van der Waals surface area contributed by atoms with Crippen molar-refractivity contribution in [3.8, 4) is 5.69 Å². The first-order valence-electron chi connectivity index (χ1n) is 5.66. The van der Waals surface area contributed by atoms with E-state index in [1.54, 1.807) is 6.20 Å². The number of halogens is 2. The van der Waals surface area contributed by atoms with Crippen molar-refractivity contribution in [2.24, 2.45) is 0 Å². The molecule has 6 heteroatoms. The lowest BCUT2D eigenvalue weighted by Crippen LogP contribution is -2.23. The molecule has 0 atom stereocenters. The number of rotatable bonds is 4. The molecule has 4 nitrogen and oxygen atoms in total. The zero-order valence-corrected chi connectivity index (χ0v) is 13.4. The Balaban J connectivity index is 2.33. The molecule has 0 saturated carbocycles. The van der Waals surface area contributed by atoms with Crippen LogP contribution in [-0.4, -0.2) is 21.0 Å². The fourth-order valence-electron chi connectivity index (χ4n) is 1.54. The quantitative estimate of drug-likeness (QED) is 0.894. The monoisotopic (exact) mass is 372 g/mol. The largest absolute Gasteiger partial charge is 0.309 e. The third-order valence-corrected chi connectivity index (χ3v) is 3.61. The summed E-state index contributed by atoms with van der Waals surface area (Å²) in [6.45, 7) is 4.97. The van der Waals surface area contributed by atoms with Crippen LogP contribution >= 0.6 is 31.9 Å². The van der Waals surface area contributed by atoms with Gasteiger partial charge in [0.15, 0.2) is 0 Å². The lowest BCUT2D eigenvalue weighted by atomic mass is 10.3. The number of hydrogen-bond acceptors (Lipinski definition) is 3. The molecule has 0 aliphatic carbocycles. The average Bonchev–Trinajstić information content (AvgIpc) is 2.77. The van der Waals surface area contributed by atoms with Crippen molar-refractivity contribution in [3.05, 3.63) is 39.0 Å². The van der Waals surface area contributed by atoms with Gasteiger partial charge in [-0.2, -0.15) is 0 Å². The predicted octanol–water partition coefficient (Wildman–Crippen LogP) is 3.29. The smallest absolute Gasteiger partial charge is 0.0820 e. The van der Waals surface area contributed by atoms with E-state index in [0.29, 0.717) is 6.04 Å². The maximum Gasteiger partial charge on any atom is 0.0820 e. The molecule has 2 aromatic rings. The molecule has 0 amide bonds. The third-order valence-electron chi connectivity index (χ3n) is 2.45. The summed E-state index contributed by atoms with van der Waals surface area (Å²) >= 11 is 7.01. The van der Waals surface area contributed by atoms with Crippen LogP contribution in [-0.2, 0) is 6.54 Å². The van der Waals surface area contributed by atoms with Crippen LogP contribution in [0.5, 0.6) is 0 Å². The highest BCUT2D eigenvalue weighted by atomic mass is 79.9. The first kappa shape index (κ1) is 13.7. The van der Waals surface area contributed by atoms with E-state index in [0.717, 1.165) is 26.9 Å². The maximum atomic E-state index is 4.14. The van der Waals surface area contributed by atoms with Gasteiger partial charge in [-0.25, -0.2) is 4.68 Å². The second-order valence-corrected chi connectivity index (χ2v) is 6.04. The normalized spacial score (nSPS) is 11.2. The Morgan fingerprint density at radius 1 is 1.33 bits per heavy atom. The van der Waals surface area contributed by atoms with Gasteiger partial charge in [0.1, 0.15) is 0 Å². The molecule has 0 unspecified atom stereocenters. The molecule has 96 valence electrons. The van der Waals surface area contributed by atoms with Crippen molar-refractivity contribution >= 4 is 31.9 Å². The van der Waals surface area contributed by atoms with E-state index >= 15 is 0 Å². The van der Waals surface area contributed by atoms with E-state index in [2.05, 4.69) is 61.3 Å². The molecule has 1 aromatic carbocycles. The van der Waals surface area contributed by atoms with Crippen molar-refractivity contribution in [3.63, 3.8) is 0 Å². The van der Waals surface area contributed by atoms with Gasteiger partial charge in [-0.15, -0.1) is 5.10 Å². The van der Waals surface area contributed by atoms with Crippen LogP contribution in [0.25, 0.3) is 5.69 Å². The van der Waals surface area contributed by atoms with Crippen molar-refractivity contribution in [2.45, 2.75) is 26.4 Å². The topological polar surface area (TPSA) is 42.7 Å². The molecule has 0 aliphatic rings. The zero-order valence-electron chi connectivity index (χ0n) is 10.2. The maximum absolute atomic E-state index is 4.14. The lowest BCUT2D eigenvalue weighted by molar-refractivity contribution is 0.570. The number of benzene rings is 1. The fourth-order valence-corrected chi connectivity index (χ4v) is 2.30. The molecule has 0 fully saturated rings. The Labute approximate surface area is 123 Å². The molecule has 0 bridgehead atoms. The summed E-state index contributed by atoms with van der Waals surface area (Å²) in [5.74, 6) is 0. The Morgan fingerprint density at radius 2 is 2.11 bits per heavy atom. The van der Waals surface area contributed by atoms with Gasteiger partial charge >= 0.3 is 0 Å². The van der Waals surface area contributed by atoms with Gasteiger partial charge in [-0.1, -0.05) is 35.0 Å². The molecular weight excluding hydrogens is 360 g/mol. The average molecular weight is 374 g/mol. The fraction of sp³-hybridized carbons (Fsp3) is 0.333. The van der Waals surface area contributed by atoms with Gasteiger partial charge in [-0.3, -0.25) is 0 Å². The zero-order chi connectivity index (χ0) is 13.1. The second-order valence-electron chi connectivity index (χ2n) is 4.27. The number of nitrogens with zero attached hydrogens (tertiary/aromatic N) is 3. The van der Waals surface area contributed by atoms with Crippen molar-refractivity contribution < 1.29 is 0 Å². The Bertz CT molecular complexity index is 537. The van der Waals surface area contributed by atoms with Gasteiger partial charge in [0.2, 0.25) is 0 Å². The van der Waals surface area contributed by atoms with Crippen LogP contribution in [0.1, 0.15) is 19.5 Å². The Kier molecular flexibility index (Phi) is 4.53. The standard InChI is InChI=1S/C12H14Br2N4/c1-8(2)15-6-10-7-16-17-18(10)12-5-9(13)3-4-11(12)14/h3-5,7-8,15H,6H2,1-2H3. The summed E-state index contributed by atoms with van der Waals surface area (Å²) in [4.78, 5) is 0. The molecule has 0 saturated heterocycles. The van der Waals surface area contributed by atoms with Gasteiger partial charge in [0, 0.05) is 21.5 Å². The Morgan fingerprint density at radius 3 is 2.83 bits per heavy atom. The molecular formula is C12H14Br2N4. The van der Waals surface area contributed by atoms with Crippen LogP contribution in [0.3, 0.4) is 0 Å². The van der Waals surface area contributed by atoms with E-state index in [4.69, 9.17) is 0 Å². The molecule has 2 rings (SSSR count). The Hall–Kier alpha value is -0.720. The minimum atomic E-state index is 0.430. The van der Waals surface area contributed by atoms with E-state index in [1.165, 1.54) is 0 Å². The summed E-state index contributed by atoms with van der Waals surface area (Å²) in [7, 11) is 0. The van der Waals surface area contributed by atoms with Gasteiger partial charge in [0.05, 0.1) is 17.6 Å². The van der Waals surface area contributed by atoms with E-state index in [-0.39, 0.29) is 0 Å². The van der Waals surface area contributed by atoms with Crippen LogP contribution in [0.4, 0.5) is 0 Å². The molecule has 1 heterocycles. The van der Waals surface area contributed by atoms with Crippen molar-refractivity contribution in [1.29, 1.82) is 0 Å². The lowest BCUT2D eigenvalue weighted by Gasteiger charge is -2.11. The van der Waals surface area contributed by atoms with E-state index < -0.39 is 0 Å². The highest BCUT2D eigenvalue weighted by Crippen LogP contribution is 2.25. The molecule has 1 N–H and O–H groups in total. The number of aromatic nitrogens is 3. The van der Waals surface area contributed by atoms with Crippen molar-refractivity contribution in [2.75, 3.05) is 0 Å². The number of hydrogen-bond donors (Lipinski definition) is 1. The van der Waals surface area contributed by atoms with Gasteiger partial charge < -0.3 is 5.32 Å². The van der Waals surface area contributed by atoms with Crippen LogP contribution in [0, 0.1) is 0 Å². The molecule has 0 radical (unpaired) electrons. The van der Waals surface area contributed by atoms with Crippen LogP contribution in [0.2, 0.25) is 0 Å². The summed E-state index contributed by atoms with van der Waals surface area (Å²) < 4.78 is 3.84. The van der Waals surface area contributed by atoms with Crippen LogP contribution < -0.4 is 5.32 Å². The summed E-state index contributed by atoms with van der Waals surface area (Å²) in [5.41, 5.74) is 2.00. The molecule has 0 spiro atoms. The first-order valence-corrected chi connectivity index (χ1v) is 7.25.